The number of rotatable bonds is 9. The summed E-state index contributed by atoms with van der Waals surface area (Å²) in [6, 6.07) is 5.80. The van der Waals surface area contributed by atoms with Crippen molar-refractivity contribution >= 4 is 23.7 Å². The Kier molecular flexibility index (Phi) is 8.96. The molecule has 0 radical (unpaired) electrons. The first-order valence-corrected chi connectivity index (χ1v) is 8.04. The summed E-state index contributed by atoms with van der Waals surface area (Å²) in [6.07, 6.45) is 2.86. The molecule has 0 bridgehead atoms. The van der Waals surface area contributed by atoms with Gasteiger partial charge in [-0.2, -0.15) is 0 Å². The number of esters is 2. The van der Waals surface area contributed by atoms with Gasteiger partial charge in [-0.1, -0.05) is 25.8 Å². The van der Waals surface area contributed by atoms with Gasteiger partial charge in [0.25, 0.3) is 0 Å². The number of hydrogen-bond donors (Lipinski definition) is 2. The van der Waals surface area contributed by atoms with Crippen molar-refractivity contribution in [2.24, 2.45) is 0 Å². The maximum absolute atomic E-state index is 11.8. The molecule has 132 valence electrons. The summed E-state index contributed by atoms with van der Waals surface area (Å²) in [5.74, 6) is -0.946. The lowest BCUT2D eigenvalue weighted by Crippen LogP contribution is -2.34. The number of carbonyl (C=O) groups excluding carboxylic acids is 3. The van der Waals surface area contributed by atoms with Crippen molar-refractivity contribution < 1.29 is 23.9 Å². The van der Waals surface area contributed by atoms with Crippen LogP contribution in [0, 0.1) is 0 Å². The van der Waals surface area contributed by atoms with E-state index in [0.717, 1.165) is 19.3 Å². The molecule has 0 spiro atoms. The number of anilines is 1. The fourth-order valence-corrected chi connectivity index (χ4v) is 1.86. The van der Waals surface area contributed by atoms with E-state index in [2.05, 4.69) is 17.6 Å². The van der Waals surface area contributed by atoms with Crippen LogP contribution in [0.5, 0.6) is 0 Å². The number of carbonyl (C=O) groups is 3. The van der Waals surface area contributed by atoms with Gasteiger partial charge in [0.1, 0.15) is 6.54 Å². The molecule has 0 atom stereocenters. The maximum Gasteiger partial charge on any atom is 0.338 e. The van der Waals surface area contributed by atoms with Crippen molar-refractivity contribution in [1.29, 1.82) is 0 Å². The second kappa shape index (κ2) is 11.0. The van der Waals surface area contributed by atoms with Gasteiger partial charge in [-0.3, -0.25) is 4.79 Å². The zero-order valence-corrected chi connectivity index (χ0v) is 14.1. The van der Waals surface area contributed by atoms with Crippen LogP contribution in [0.4, 0.5) is 10.5 Å². The average Bonchev–Trinajstić information content (AvgIpc) is 2.57. The first kappa shape index (κ1) is 19.5. The molecule has 1 aromatic rings. The molecule has 0 aromatic heterocycles. The van der Waals surface area contributed by atoms with Gasteiger partial charge in [0.2, 0.25) is 0 Å². The van der Waals surface area contributed by atoms with Crippen LogP contribution < -0.4 is 10.6 Å². The third kappa shape index (κ3) is 7.62. The molecular formula is C17H24N2O5. The van der Waals surface area contributed by atoms with E-state index in [1.807, 2.05) is 0 Å². The Balaban J connectivity index is 2.38. The number of nitrogens with one attached hydrogen (secondary N) is 2. The molecule has 0 saturated heterocycles. The third-order valence-corrected chi connectivity index (χ3v) is 3.04. The van der Waals surface area contributed by atoms with Gasteiger partial charge in [-0.25, -0.2) is 9.59 Å². The molecule has 2 amide bonds. The summed E-state index contributed by atoms with van der Waals surface area (Å²) in [4.78, 5) is 34.8. The SMILES string of the molecule is CCCCCOC(=O)CNC(=O)Nc1cccc(C(=O)OCC)c1. The summed E-state index contributed by atoms with van der Waals surface area (Å²) in [6.45, 7) is 4.20. The highest BCUT2D eigenvalue weighted by Crippen LogP contribution is 2.11. The van der Waals surface area contributed by atoms with Crippen LogP contribution in [-0.4, -0.2) is 37.7 Å². The highest BCUT2D eigenvalue weighted by Gasteiger charge is 2.09. The van der Waals surface area contributed by atoms with E-state index in [9.17, 15) is 14.4 Å². The smallest absolute Gasteiger partial charge is 0.338 e. The Labute approximate surface area is 141 Å². The number of hydrogen-bond acceptors (Lipinski definition) is 5. The van der Waals surface area contributed by atoms with Crippen LogP contribution in [-0.2, 0) is 14.3 Å². The molecular weight excluding hydrogens is 312 g/mol. The Morgan fingerprint density at radius 2 is 1.88 bits per heavy atom. The highest BCUT2D eigenvalue weighted by atomic mass is 16.5. The van der Waals surface area contributed by atoms with E-state index in [1.165, 1.54) is 6.07 Å². The number of benzene rings is 1. The van der Waals surface area contributed by atoms with Crippen molar-refractivity contribution in [3.8, 4) is 0 Å². The van der Waals surface area contributed by atoms with Gasteiger partial charge in [-0.05, 0) is 31.5 Å². The van der Waals surface area contributed by atoms with Gasteiger partial charge < -0.3 is 20.1 Å². The average molecular weight is 336 g/mol. The van der Waals surface area contributed by atoms with Crippen LogP contribution in [0.2, 0.25) is 0 Å². The van der Waals surface area contributed by atoms with Gasteiger partial charge in [0.15, 0.2) is 0 Å². The summed E-state index contributed by atoms with van der Waals surface area (Å²) >= 11 is 0. The lowest BCUT2D eigenvalue weighted by Gasteiger charge is -2.09. The van der Waals surface area contributed by atoms with Gasteiger partial charge >= 0.3 is 18.0 Å². The molecule has 0 aliphatic heterocycles. The molecule has 1 rings (SSSR count). The zero-order chi connectivity index (χ0) is 17.8. The molecule has 1 aromatic carbocycles. The van der Waals surface area contributed by atoms with Crippen LogP contribution in [0.1, 0.15) is 43.5 Å². The topological polar surface area (TPSA) is 93.7 Å². The zero-order valence-electron chi connectivity index (χ0n) is 14.1. The van der Waals surface area contributed by atoms with Gasteiger partial charge in [-0.15, -0.1) is 0 Å². The Morgan fingerprint density at radius 1 is 1.08 bits per heavy atom. The molecule has 0 aliphatic carbocycles. The van der Waals surface area contributed by atoms with Crippen LogP contribution in [0.3, 0.4) is 0 Å². The van der Waals surface area contributed by atoms with Crippen molar-refractivity contribution in [3.63, 3.8) is 0 Å². The van der Waals surface area contributed by atoms with Crippen LogP contribution >= 0.6 is 0 Å². The number of amides is 2. The summed E-state index contributed by atoms with van der Waals surface area (Å²) in [5, 5.41) is 4.95. The maximum atomic E-state index is 11.8. The van der Waals surface area contributed by atoms with Crippen molar-refractivity contribution in [2.45, 2.75) is 33.1 Å². The van der Waals surface area contributed by atoms with Crippen molar-refractivity contribution in [1.82, 2.24) is 5.32 Å². The van der Waals surface area contributed by atoms with E-state index < -0.39 is 18.0 Å². The van der Waals surface area contributed by atoms with Crippen LogP contribution in [0.25, 0.3) is 0 Å². The van der Waals surface area contributed by atoms with Crippen LogP contribution in [0.15, 0.2) is 24.3 Å². The molecule has 0 saturated carbocycles. The Bertz CT molecular complexity index is 560. The highest BCUT2D eigenvalue weighted by molar-refractivity contribution is 5.94. The van der Waals surface area contributed by atoms with E-state index in [4.69, 9.17) is 9.47 Å². The minimum absolute atomic E-state index is 0.213. The standard InChI is InChI=1S/C17H24N2O5/c1-3-5-6-10-24-15(20)12-18-17(22)19-14-9-7-8-13(11-14)16(21)23-4-2/h7-9,11H,3-6,10,12H2,1-2H3,(H2,18,19,22). The van der Waals surface area contributed by atoms with Gasteiger partial charge in [0, 0.05) is 5.69 Å². The molecule has 0 aliphatic rings. The monoisotopic (exact) mass is 336 g/mol. The third-order valence-electron chi connectivity index (χ3n) is 3.04. The number of urea groups is 1. The fraction of sp³-hybridized carbons (Fsp3) is 0.471. The van der Waals surface area contributed by atoms with E-state index in [0.29, 0.717) is 17.9 Å². The second-order valence-electron chi connectivity index (χ2n) is 5.04. The summed E-state index contributed by atoms with van der Waals surface area (Å²) in [7, 11) is 0. The molecule has 0 fully saturated rings. The predicted octanol–water partition coefficient (Wildman–Crippen LogP) is 2.72. The molecule has 0 unspecified atom stereocenters. The van der Waals surface area contributed by atoms with Gasteiger partial charge in [0.05, 0.1) is 18.8 Å². The van der Waals surface area contributed by atoms with Crippen molar-refractivity contribution in [2.75, 3.05) is 25.1 Å². The largest absolute Gasteiger partial charge is 0.464 e. The molecule has 2 N–H and O–H groups in total. The summed E-state index contributed by atoms with van der Waals surface area (Å²) in [5.41, 5.74) is 0.763. The fourth-order valence-electron chi connectivity index (χ4n) is 1.86. The molecule has 7 nitrogen and oxygen atoms in total. The minimum atomic E-state index is -0.554. The first-order chi connectivity index (χ1) is 11.6. The predicted molar refractivity (Wildman–Crippen MR) is 89.9 cm³/mol. The van der Waals surface area contributed by atoms with Crippen molar-refractivity contribution in [3.05, 3.63) is 29.8 Å². The molecule has 7 heteroatoms. The minimum Gasteiger partial charge on any atom is -0.464 e. The molecule has 24 heavy (non-hydrogen) atoms. The first-order valence-electron chi connectivity index (χ1n) is 8.04. The lowest BCUT2D eigenvalue weighted by atomic mass is 10.2. The Morgan fingerprint density at radius 3 is 2.58 bits per heavy atom. The quantitative estimate of drug-likeness (QED) is 0.534. The lowest BCUT2D eigenvalue weighted by molar-refractivity contribution is -0.142. The molecule has 0 heterocycles. The normalized spacial score (nSPS) is 9.92. The summed E-state index contributed by atoms with van der Waals surface area (Å²) < 4.78 is 9.87. The van der Waals surface area contributed by atoms with E-state index in [1.54, 1.807) is 25.1 Å². The number of ether oxygens (including phenoxy) is 2. The number of unbranched alkanes of at least 4 members (excludes halogenated alkanes) is 2. The Hall–Kier alpha value is -2.57. The second-order valence-corrected chi connectivity index (χ2v) is 5.04. The van der Waals surface area contributed by atoms with E-state index >= 15 is 0 Å². The van der Waals surface area contributed by atoms with E-state index in [-0.39, 0.29) is 13.2 Å².